The average molecular weight is 329 g/mol. The van der Waals surface area contributed by atoms with Crippen LogP contribution in [0.5, 0.6) is 0 Å². The second-order valence-electron chi connectivity index (χ2n) is 7.07. The number of guanidine groups is 1. The highest BCUT2D eigenvalue weighted by Gasteiger charge is 2.25. The molecule has 6 heteroatoms. The normalized spacial score (nSPS) is 12.9. The molecule has 0 aromatic heterocycles. The fraction of sp³-hybridized carbons (Fsp3) is 0.882. The number of aliphatic hydroxyl groups is 1. The van der Waals surface area contributed by atoms with E-state index in [0.29, 0.717) is 19.0 Å². The fourth-order valence-electron chi connectivity index (χ4n) is 2.43. The van der Waals surface area contributed by atoms with Crippen LogP contribution in [0.3, 0.4) is 0 Å². The molecule has 1 amide bonds. The summed E-state index contributed by atoms with van der Waals surface area (Å²) in [6, 6.07) is 0. The summed E-state index contributed by atoms with van der Waals surface area (Å²) in [6.45, 7) is 13.1. The minimum atomic E-state index is -0.729. The third-order valence-corrected chi connectivity index (χ3v) is 3.26. The highest BCUT2D eigenvalue weighted by atomic mass is 16.3. The molecule has 23 heavy (non-hydrogen) atoms. The number of amides is 1. The van der Waals surface area contributed by atoms with Gasteiger partial charge in [-0.3, -0.25) is 4.79 Å². The van der Waals surface area contributed by atoms with Gasteiger partial charge in [-0.05, 0) is 40.5 Å². The molecular weight excluding hydrogens is 292 g/mol. The Balaban J connectivity index is 4.65. The number of nitrogens with one attached hydrogen (secondary N) is 3. The third kappa shape index (κ3) is 11.0. The lowest BCUT2D eigenvalue weighted by Gasteiger charge is -2.28. The summed E-state index contributed by atoms with van der Waals surface area (Å²) < 4.78 is 0. The van der Waals surface area contributed by atoms with Crippen LogP contribution in [0.4, 0.5) is 0 Å². The van der Waals surface area contributed by atoms with Gasteiger partial charge in [-0.15, -0.1) is 0 Å². The van der Waals surface area contributed by atoms with Gasteiger partial charge in [-0.2, -0.15) is 0 Å². The largest absolute Gasteiger partial charge is 0.388 e. The van der Waals surface area contributed by atoms with Crippen LogP contribution in [0.15, 0.2) is 4.99 Å². The molecule has 0 rings (SSSR count). The molecule has 0 radical (unpaired) electrons. The molecule has 0 spiro atoms. The van der Waals surface area contributed by atoms with Gasteiger partial charge < -0.3 is 21.1 Å². The number of carbonyl (C=O) groups is 1. The molecule has 4 N–H and O–H groups in total. The number of carbonyl (C=O) groups excluding carboxylic acids is 1. The number of hydrogen-bond acceptors (Lipinski definition) is 3. The lowest BCUT2D eigenvalue weighted by molar-refractivity contribution is -0.121. The van der Waals surface area contributed by atoms with Crippen molar-refractivity contribution in [3.05, 3.63) is 0 Å². The zero-order valence-corrected chi connectivity index (χ0v) is 15.8. The number of hydrogen-bond donors (Lipinski definition) is 4. The van der Waals surface area contributed by atoms with Crippen molar-refractivity contribution in [2.75, 3.05) is 19.6 Å². The molecule has 0 aliphatic carbocycles. The molecule has 0 fully saturated rings. The molecule has 0 aliphatic rings. The summed E-state index contributed by atoms with van der Waals surface area (Å²) in [5, 5.41) is 19.8. The molecule has 0 aromatic carbocycles. The number of aliphatic imine (C=N–C) groups is 1. The second-order valence-corrected chi connectivity index (χ2v) is 7.07. The van der Waals surface area contributed by atoms with Crippen LogP contribution in [0.1, 0.15) is 67.2 Å². The molecule has 0 unspecified atom stereocenters. The Labute approximate surface area is 141 Å². The Morgan fingerprint density at radius 2 is 1.61 bits per heavy atom. The van der Waals surface area contributed by atoms with Crippen LogP contribution < -0.4 is 16.0 Å². The van der Waals surface area contributed by atoms with E-state index in [4.69, 9.17) is 0 Å². The van der Waals surface area contributed by atoms with Crippen molar-refractivity contribution in [2.45, 2.75) is 78.4 Å². The van der Waals surface area contributed by atoms with Crippen molar-refractivity contribution in [1.29, 1.82) is 0 Å². The van der Waals surface area contributed by atoms with E-state index in [1.807, 2.05) is 27.7 Å². The van der Waals surface area contributed by atoms with Crippen LogP contribution in [0, 0.1) is 0 Å². The summed E-state index contributed by atoms with van der Waals surface area (Å²) in [7, 11) is 0. The lowest BCUT2D eigenvalue weighted by Crippen LogP contribution is -2.48. The molecule has 0 atom stereocenters. The predicted octanol–water partition coefficient (Wildman–Crippen LogP) is 1.79. The van der Waals surface area contributed by atoms with Gasteiger partial charge >= 0.3 is 0 Å². The van der Waals surface area contributed by atoms with E-state index < -0.39 is 5.60 Å². The SMILES string of the molecule is CCCC(O)(CCC)CNC(=NCC(=O)NC(C)(C)C)NCC. The van der Waals surface area contributed by atoms with Crippen LogP contribution in [0.25, 0.3) is 0 Å². The van der Waals surface area contributed by atoms with E-state index in [1.54, 1.807) is 0 Å². The predicted molar refractivity (Wildman–Crippen MR) is 96.6 cm³/mol. The first-order chi connectivity index (χ1) is 10.7. The Morgan fingerprint density at radius 3 is 2.04 bits per heavy atom. The molecule has 136 valence electrons. The van der Waals surface area contributed by atoms with E-state index in [0.717, 1.165) is 25.7 Å². The van der Waals surface area contributed by atoms with Gasteiger partial charge in [0, 0.05) is 18.6 Å². The minimum absolute atomic E-state index is 0.0621. The Bertz CT molecular complexity index is 369. The first-order valence-corrected chi connectivity index (χ1v) is 8.71. The number of rotatable bonds is 9. The van der Waals surface area contributed by atoms with Gasteiger partial charge in [0.25, 0.3) is 0 Å². The van der Waals surface area contributed by atoms with Crippen molar-refractivity contribution in [2.24, 2.45) is 4.99 Å². The summed E-state index contributed by atoms with van der Waals surface area (Å²) in [5.41, 5.74) is -0.992. The van der Waals surface area contributed by atoms with Crippen molar-refractivity contribution in [3.8, 4) is 0 Å². The number of nitrogens with zero attached hydrogens (tertiary/aromatic N) is 1. The summed E-state index contributed by atoms with van der Waals surface area (Å²) in [5.74, 6) is 0.439. The molecule has 0 saturated heterocycles. The van der Waals surface area contributed by atoms with Gasteiger partial charge in [-0.1, -0.05) is 26.7 Å². The smallest absolute Gasteiger partial charge is 0.242 e. The Morgan fingerprint density at radius 1 is 1.04 bits per heavy atom. The first kappa shape index (κ1) is 21.7. The summed E-state index contributed by atoms with van der Waals surface area (Å²) in [4.78, 5) is 16.1. The molecule has 0 saturated carbocycles. The lowest BCUT2D eigenvalue weighted by atomic mass is 9.93. The molecular formula is C17H36N4O2. The van der Waals surface area contributed by atoms with Gasteiger partial charge in [-0.25, -0.2) is 4.99 Å². The Hall–Kier alpha value is -1.30. The van der Waals surface area contributed by atoms with Crippen molar-refractivity contribution < 1.29 is 9.90 Å². The van der Waals surface area contributed by atoms with E-state index in [9.17, 15) is 9.90 Å². The van der Waals surface area contributed by atoms with E-state index in [-0.39, 0.29) is 18.0 Å². The van der Waals surface area contributed by atoms with Crippen molar-refractivity contribution in [3.63, 3.8) is 0 Å². The molecule has 0 aliphatic heterocycles. The molecule has 0 aromatic rings. The van der Waals surface area contributed by atoms with E-state index in [2.05, 4.69) is 34.8 Å². The van der Waals surface area contributed by atoms with Crippen LogP contribution in [-0.2, 0) is 4.79 Å². The first-order valence-electron chi connectivity index (χ1n) is 8.71. The Kier molecular flexibility index (Phi) is 9.88. The van der Waals surface area contributed by atoms with Crippen LogP contribution in [0.2, 0.25) is 0 Å². The summed E-state index contributed by atoms with van der Waals surface area (Å²) in [6.07, 6.45) is 3.36. The average Bonchev–Trinajstić information content (AvgIpc) is 2.40. The standard InChI is InChI=1S/C17H36N4O2/c1-7-10-17(23,11-8-2)13-20-15(18-9-3)19-12-14(22)21-16(4,5)6/h23H,7-13H2,1-6H3,(H,21,22)(H2,18,19,20). The van der Waals surface area contributed by atoms with Gasteiger partial charge in [0.05, 0.1) is 5.60 Å². The van der Waals surface area contributed by atoms with Gasteiger partial charge in [0.15, 0.2) is 5.96 Å². The molecule has 6 nitrogen and oxygen atoms in total. The maximum absolute atomic E-state index is 11.9. The second kappa shape index (κ2) is 10.5. The molecule has 0 heterocycles. The summed E-state index contributed by atoms with van der Waals surface area (Å²) >= 11 is 0. The zero-order valence-electron chi connectivity index (χ0n) is 15.8. The van der Waals surface area contributed by atoms with Crippen molar-refractivity contribution >= 4 is 11.9 Å². The monoisotopic (exact) mass is 328 g/mol. The van der Waals surface area contributed by atoms with Crippen molar-refractivity contribution in [1.82, 2.24) is 16.0 Å². The van der Waals surface area contributed by atoms with Crippen LogP contribution in [-0.4, -0.2) is 47.7 Å². The maximum Gasteiger partial charge on any atom is 0.242 e. The van der Waals surface area contributed by atoms with E-state index in [1.165, 1.54) is 0 Å². The quantitative estimate of drug-likeness (QED) is 0.384. The maximum atomic E-state index is 11.9. The molecule has 0 bridgehead atoms. The topological polar surface area (TPSA) is 85.8 Å². The fourth-order valence-corrected chi connectivity index (χ4v) is 2.43. The minimum Gasteiger partial charge on any atom is -0.388 e. The highest BCUT2D eigenvalue weighted by Crippen LogP contribution is 2.18. The van der Waals surface area contributed by atoms with Gasteiger partial charge in [0.1, 0.15) is 6.54 Å². The van der Waals surface area contributed by atoms with Gasteiger partial charge in [0.2, 0.25) is 5.91 Å². The zero-order chi connectivity index (χ0) is 17.9. The van der Waals surface area contributed by atoms with E-state index >= 15 is 0 Å². The highest BCUT2D eigenvalue weighted by molar-refractivity contribution is 5.85. The van der Waals surface area contributed by atoms with Crippen LogP contribution >= 0.6 is 0 Å². The third-order valence-electron chi connectivity index (χ3n) is 3.26.